The maximum absolute atomic E-state index is 12.9. The van der Waals surface area contributed by atoms with Crippen molar-refractivity contribution < 1.29 is 4.79 Å². The number of nitrogens with zero attached hydrogens (tertiary/aromatic N) is 8. The van der Waals surface area contributed by atoms with Gasteiger partial charge in [-0.25, -0.2) is 14.6 Å². The van der Waals surface area contributed by atoms with Crippen LogP contribution in [0.5, 0.6) is 0 Å². The van der Waals surface area contributed by atoms with E-state index in [-0.39, 0.29) is 5.91 Å². The molecule has 0 radical (unpaired) electrons. The molecule has 5 rings (SSSR count). The second-order valence-electron chi connectivity index (χ2n) is 6.83. The summed E-state index contributed by atoms with van der Waals surface area (Å²) in [5.74, 6) is 2.30. The molecule has 1 aliphatic heterocycles. The van der Waals surface area contributed by atoms with E-state index in [4.69, 9.17) is 0 Å². The van der Waals surface area contributed by atoms with Crippen molar-refractivity contribution >= 4 is 34.5 Å². The van der Waals surface area contributed by atoms with Gasteiger partial charge in [0, 0.05) is 50.2 Å². The van der Waals surface area contributed by atoms with Crippen LogP contribution >= 0.6 is 11.7 Å². The Bertz CT molecular complexity index is 1160. The number of aromatic nitrogens is 6. The average molecular weight is 406 g/mol. The number of amides is 1. The summed E-state index contributed by atoms with van der Waals surface area (Å²) in [5, 5.41) is 4.25. The smallest absolute Gasteiger partial charge is 0.254 e. The maximum atomic E-state index is 12.9. The summed E-state index contributed by atoms with van der Waals surface area (Å²) in [7, 11) is 0. The second-order valence-corrected chi connectivity index (χ2v) is 7.36. The highest BCUT2D eigenvalue weighted by molar-refractivity contribution is 7.00. The van der Waals surface area contributed by atoms with Gasteiger partial charge in [0.2, 0.25) is 0 Å². The Morgan fingerprint density at radius 1 is 1.00 bits per heavy atom. The number of carbonyl (C=O) groups excluding carboxylic acids is 1. The zero-order valence-electron chi connectivity index (χ0n) is 15.8. The summed E-state index contributed by atoms with van der Waals surface area (Å²) in [5.41, 5.74) is 2.24. The molecule has 0 unspecified atom stereocenters. The van der Waals surface area contributed by atoms with Crippen molar-refractivity contribution in [3.05, 3.63) is 54.1 Å². The Morgan fingerprint density at radius 2 is 1.79 bits per heavy atom. The van der Waals surface area contributed by atoms with Gasteiger partial charge in [-0.05, 0) is 31.2 Å². The molecular formula is C19H18N8OS. The molecule has 1 fully saturated rings. The zero-order valence-corrected chi connectivity index (χ0v) is 16.6. The van der Waals surface area contributed by atoms with Crippen LogP contribution in [0.4, 0.5) is 5.82 Å². The highest BCUT2D eigenvalue weighted by Crippen LogP contribution is 2.19. The third-order valence-corrected chi connectivity index (χ3v) is 5.50. The molecule has 0 N–H and O–H groups in total. The Morgan fingerprint density at radius 3 is 2.59 bits per heavy atom. The maximum Gasteiger partial charge on any atom is 0.254 e. The number of hydrogen-bond donors (Lipinski definition) is 0. The molecule has 0 aliphatic carbocycles. The van der Waals surface area contributed by atoms with Gasteiger partial charge in [-0.2, -0.15) is 13.8 Å². The molecule has 4 heterocycles. The molecule has 1 aromatic carbocycles. The van der Waals surface area contributed by atoms with E-state index >= 15 is 0 Å². The predicted molar refractivity (Wildman–Crippen MR) is 109 cm³/mol. The predicted octanol–water partition coefficient (Wildman–Crippen LogP) is 1.94. The van der Waals surface area contributed by atoms with Gasteiger partial charge < -0.3 is 9.80 Å². The Hall–Kier alpha value is -3.40. The van der Waals surface area contributed by atoms with Crippen LogP contribution in [0.2, 0.25) is 0 Å². The van der Waals surface area contributed by atoms with E-state index in [2.05, 4.69) is 28.7 Å². The SMILES string of the molecule is Cc1nc(N2CCN(C(=O)c3ccc4nsnc4c3)CC2)cc(-n2cccn2)n1. The molecule has 1 saturated heterocycles. The van der Waals surface area contributed by atoms with Crippen molar-refractivity contribution in [1.29, 1.82) is 0 Å². The summed E-state index contributed by atoms with van der Waals surface area (Å²) in [4.78, 5) is 26.0. The van der Waals surface area contributed by atoms with Gasteiger partial charge in [0.1, 0.15) is 22.7 Å². The van der Waals surface area contributed by atoms with Crippen molar-refractivity contribution in [2.45, 2.75) is 6.92 Å². The van der Waals surface area contributed by atoms with Gasteiger partial charge >= 0.3 is 0 Å². The van der Waals surface area contributed by atoms with E-state index in [1.807, 2.05) is 48.4 Å². The molecule has 9 nitrogen and oxygen atoms in total. The number of fused-ring (bicyclic) bond motifs is 1. The van der Waals surface area contributed by atoms with Crippen LogP contribution in [-0.4, -0.2) is 65.5 Å². The van der Waals surface area contributed by atoms with Gasteiger partial charge in [0.25, 0.3) is 5.91 Å². The number of rotatable bonds is 3. The Balaban J connectivity index is 1.30. The number of benzene rings is 1. The van der Waals surface area contributed by atoms with Crippen molar-refractivity contribution in [3.8, 4) is 5.82 Å². The van der Waals surface area contributed by atoms with E-state index < -0.39 is 0 Å². The molecule has 0 spiro atoms. The van der Waals surface area contributed by atoms with Crippen molar-refractivity contribution in [2.75, 3.05) is 31.1 Å². The van der Waals surface area contributed by atoms with Crippen LogP contribution in [0.1, 0.15) is 16.2 Å². The molecule has 146 valence electrons. The third kappa shape index (κ3) is 3.42. The number of piperazine rings is 1. The van der Waals surface area contributed by atoms with Gasteiger partial charge in [0.15, 0.2) is 5.82 Å². The molecule has 0 bridgehead atoms. The summed E-state index contributed by atoms with van der Waals surface area (Å²) >= 11 is 1.16. The monoisotopic (exact) mass is 406 g/mol. The average Bonchev–Trinajstić information content (AvgIpc) is 3.44. The quantitative estimate of drug-likeness (QED) is 0.513. The first-order chi connectivity index (χ1) is 14.2. The lowest BCUT2D eigenvalue weighted by atomic mass is 10.1. The fourth-order valence-electron chi connectivity index (χ4n) is 3.46. The van der Waals surface area contributed by atoms with Gasteiger partial charge in [-0.3, -0.25) is 4.79 Å². The molecule has 1 aliphatic rings. The molecule has 29 heavy (non-hydrogen) atoms. The summed E-state index contributed by atoms with van der Waals surface area (Å²) in [6.45, 7) is 4.56. The van der Waals surface area contributed by atoms with Crippen molar-refractivity contribution in [1.82, 2.24) is 33.4 Å². The van der Waals surface area contributed by atoms with Gasteiger partial charge in [-0.1, -0.05) is 0 Å². The van der Waals surface area contributed by atoms with E-state index in [1.54, 1.807) is 10.9 Å². The zero-order chi connectivity index (χ0) is 19.8. The minimum atomic E-state index is 0.0237. The van der Waals surface area contributed by atoms with Crippen LogP contribution < -0.4 is 4.90 Å². The van der Waals surface area contributed by atoms with Gasteiger partial charge in [-0.15, -0.1) is 0 Å². The van der Waals surface area contributed by atoms with E-state index in [1.165, 1.54) is 0 Å². The lowest BCUT2D eigenvalue weighted by molar-refractivity contribution is 0.0746. The lowest BCUT2D eigenvalue weighted by Crippen LogP contribution is -2.49. The highest BCUT2D eigenvalue weighted by Gasteiger charge is 2.24. The lowest BCUT2D eigenvalue weighted by Gasteiger charge is -2.35. The Kier molecular flexibility index (Phi) is 4.39. The topological polar surface area (TPSA) is 92.9 Å². The standard InChI is InChI=1S/C19H18N8OS/c1-13-21-17(12-18(22-13)27-6-2-5-20-27)25-7-9-26(10-8-25)19(28)14-3-4-15-16(11-14)24-29-23-15/h2-6,11-12H,7-10H2,1H3. The van der Waals surface area contributed by atoms with Crippen LogP contribution in [-0.2, 0) is 0 Å². The summed E-state index contributed by atoms with van der Waals surface area (Å²) in [6, 6.07) is 9.28. The molecule has 4 aromatic rings. The number of carbonyl (C=O) groups is 1. The van der Waals surface area contributed by atoms with E-state index in [0.29, 0.717) is 37.6 Å². The van der Waals surface area contributed by atoms with Crippen molar-refractivity contribution in [3.63, 3.8) is 0 Å². The fourth-order valence-corrected chi connectivity index (χ4v) is 3.97. The van der Waals surface area contributed by atoms with Crippen LogP contribution in [0.3, 0.4) is 0 Å². The molecule has 3 aromatic heterocycles. The van der Waals surface area contributed by atoms with Crippen LogP contribution in [0.25, 0.3) is 16.9 Å². The number of aryl methyl sites for hydroxylation is 1. The minimum absolute atomic E-state index is 0.0237. The van der Waals surface area contributed by atoms with Crippen LogP contribution in [0.15, 0.2) is 42.7 Å². The molecule has 1 amide bonds. The van der Waals surface area contributed by atoms with E-state index in [0.717, 1.165) is 34.4 Å². The first-order valence-electron chi connectivity index (χ1n) is 9.30. The van der Waals surface area contributed by atoms with Crippen molar-refractivity contribution in [2.24, 2.45) is 0 Å². The molecule has 10 heteroatoms. The first kappa shape index (κ1) is 17.7. The summed E-state index contributed by atoms with van der Waals surface area (Å²) in [6.07, 6.45) is 3.58. The Labute approximate surface area is 171 Å². The molecule has 0 saturated carbocycles. The largest absolute Gasteiger partial charge is 0.353 e. The number of hydrogen-bond acceptors (Lipinski definition) is 8. The highest BCUT2D eigenvalue weighted by atomic mass is 32.1. The van der Waals surface area contributed by atoms with Gasteiger partial charge in [0.05, 0.1) is 11.7 Å². The minimum Gasteiger partial charge on any atom is -0.353 e. The second kappa shape index (κ2) is 7.21. The fraction of sp³-hybridized carbons (Fsp3) is 0.263. The number of anilines is 1. The summed E-state index contributed by atoms with van der Waals surface area (Å²) < 4.78 is 10.1. The molecular weight excluding hydrogens is 388 g/mol. The normalized spacial score (nSPS) is 14.5. The first-order valence-corrected chi connectivity index (χ1v) is 10.0. The van der Waals surface area contributed by atoms with E-state index in [9.17, 15) is 4.79 Å². The van der Waals surface area contributed by atoms with Crippen LogP contribution in [0, 0.1) is 6.92 Å². The third-order valence-electron chi connectivity index (χ3n) is 4.94. The molecule has 0 atom stereocenters.